The summed E-state index contributed by atoms with van der Waals surface area (Å²) in [6.45, 7) is 4.13. The Kier molecular flexibility index (Phi) is 5.09. The Labute approximate surface area is 105 Å². The van der Waals surface area contributed by atoms with Gasteiger partial charge < -0.3 is 5.73 Å². The van der Waals surface area contributed by atoms with Gasteiger partial charge in [0.25, 0.3) is 0 Å². The molecule has 3 nitrogen and oxygen atoms in total. The average Bonchev–Trinajstić information content (AvgIpc) is 2.16. The summed E-state index contributed by atoms with van der Waals surface area (Å²) in [7, 11) is 0. The summed E-state index contributed by atoms with van der Waals surface area (Å²) in [5.41, 5.74) is 6.72. The Hall–Kier alpha value is -0.740. The molecule has 88 valence electrons. The lowest BCUT2D eigenvalue weighted by molar-refractivity contribution is -0.120. The summed E-state index contributed by atoms with van der Waals surface area (Å²) >= 11 is 3.32. The van der Waals surface area contributed by atoms with Gasteiger partial charge in [-0.3, -0.25) is 9.78 Å². The molecule has 1 aromatic rings. The molecule has 1 aromatic heterocycles. The highest BCUT2D eigenvalue weighted by molar-refractivity contribution is 9.10. The number of carbonyl (C=O) groups excluding carboxylic acids is 1. The zero-order valence-corrected chi connectivity index (χ0v) is 11.2. The standard InChI is InChI=1S/C12H17BrN2O/c1-8(2)3-11(14)12(16)5-9-4-10(13)7-15-6-9/h4,6-8,11H,3,5,14H2,1-2H3. The fourth-order valence-corrected chi connectivity index (χ4v) is 1.94. The van der Waals surface area contributed by atoms with Crippen LogP contribution in [0, 0.1) is 5.92 Å². The lowest BCUT2D eigenvalue weighted by Gasteiger charge is -2.12. The third-order valence-corrected chi connectivity index (χ3v) is 2.71. The molecule has 0 aliphatic heterocycles. The third kappa shape index (κ3) is 4.41. The second-order valence-corrected chi connectivity index (χ2v) is 5.31. The van der Waals surface area contributed by atoms with Crippen molar-refractivity contribution in [2.45, 2.75) is 32.7 Å². The number of ketones is 1. The maximum atomic E-state index is 11.8. The Morgan fingerprint density at radius 2 is 2.19 bits per heavy atom. The molecule has 0 spiro atoms. The molecule has 0 aliphatic rings. The number of Topliss-reactive ketones (excluding diaryl/α,β-unsaturated/α-hetero) is 1. The van der Waals surface area contributed by atoms with Gasteiger partial charge in [-0.2, -0.15) is 0 Å². The van der Waals surface area contributed by atoms with E-state index in [-0.39, 0.29) is 11.8 Å². The van der Waals surface area contributed by atoms with Gasteiger partial charge in [-0.25, -0.2) is 0 Å². The minimum absolute atomic E-state index is 0.0774. The summed E-state index contributed by atoms with van der Waals surface area (Å²) in [5.74, 6) is 0.521. The Morgan fingerprint density at radius 1 is 1.50 bits per heavy atom. The van der Waals surface area contributed by atoms with Crippen molar-refractivity contribution in [2.24, 2.45) is 11.7 Å². The van der Waals surface area contributed by atoms with Crippen molar-refractivity contribution in [3.63, 3.8) is 0 Å². The van der Waals surface area contributed by atoms with Gasteiger partial charge in [0, 0.05) is 23.3 Å². The molecule has 0 aromatic carbocycles. The molecule has 0 saturated carbocycles. The third-order valence-electron chi connectivity index (χ3n) is 2.28. The van der Waals surface area contributed by atoms with Crippen LogP contribution in [0.2, 0.25) is 0 Å². The van der Waals surface area contributed by atoms with E-state index in [1.165, 1.54) is 0 Å². The summed E-state index contributed by atoms with van der Waals surface area (Å²) in [5, 5.41) is 0. The summed E-state index contributed by atoms with van der Waals surface area (Å²) in [6, 6.07) is 1.53. The molecule has 4 heteroatoms. The average molecular weight is 285 g/mol. The topological polar surface area (TPSA) is 56.0 Å². The van der Waals surface area contributed by atoms with Gasteiger partial charge in [-0.05, 0) is 39.9 Å². The molecule has 1 rings (SSSR count). The van der Waals surface area contributed by atoms with Crippen LogP contribution in [0.3, 0.4) is 0 Å². The largest absolute Gasteiger partial charge is 0.321 e. The molecule has 0 amide bonds. The molecule has 16 heavy (non-hydrogen) atoms. The minimum atomic E-state index is -0.362. The fourth-order valence-electron chi connectivity index (χ4n) is 1.52. The molecule has 2 N–H and O–H groups in total. The summed E-state index contributed by atoms with van der Waals surface area (Å²) in [6.07, 6.45) is 4.49. The van der Waals surface area contributed by atoms with Crippen molar-refractivity contribution in [3.05, 3.63) is 28.5 Å². The number of hydrogen-bond donors (Lipinski definition) is 1. The van der Waals surface area contributed by atoms with Crippen LogP contribution in [0.25, 0.3) is 0 Å². The number of hydrogen-bond acceptors (Lipinski definition) is 3. The van der Waals surface area contributed by atoms with Crippen LogP contribution in [-0.4, -0.2) is 16.8 Å². The number of pyridine rings is 1. The number of rotatable bonds is 5. The van der Waals surface area contributed by atoms with Gasteiger partial charge in [-0.15, -0.1) is 0 Å². The molecule has 1 unspecified atom stereocenters. The van der Waals surface area contributed by atoms with E-state index in [4.69, 9.17) is 5.73 Å². The van der Waals surface area contributed by atoms with Crippen molar-refractivity contribution in [1.29, 1.82) is 0 Å². The number of halogens is 1. The van der Waals surface area contributed by atoms with Crippen LogP contribution in [0.15, 0.2) is 22.9 Å². The van der Waals surface area contributed by atoms with Crippen molar-refractivity contribution >= 4 is 21.7 Å². The van der Waals surface area contributed by atoms with Crippen molar-refractivity contribution < 1.29 is 4.79 Å². The second kappa shape index (κ2) is 6.11. The highest BCUT2D eigenvalue weighted by Gasteiger charge is 2.15. The van der Waals surface area contributed by atoms with E-state index < -0.39 is 0 Å². The summed E-state index contributed by atoms with van der Waals surface area (Å²) < 4.78 is 0.884. The lowest BCUT2D eigenvalue weighted by atomic mass is 9.98. The SMILES string of the molecule is CC(C)CC(N)C(=O)Cc1cncc(Br)c1. The molecule has 1 heterocycles. The smallest absolute Gasteiger partial charge is 0.153 e. The van der Waals surface area contributed by atoms with Gasteiger partial charge in [-0.1, -0.05) is 13.8 Å². The van der Waals surface area contributed by atoms with Gasteiger partial charge in [0.1, 0.15) is 0 Å². The molecule has 0 aliphatic carbocycles. The van der Waals surface area contributed by atoms with E-state index in [0.29, 0.717) is 12.3 Å². The van der Waals surface area contributed by atoms with Crippen LogP contribution in [0.4, 0.5) is 0 Å². The number of nitrogens with zero attached hydrogens (tertiary/aromatic N) is 1. The molecular weight excluding hydrogens is 268 g/mol. The molecule has 0 bridgehead atoms. The van der Waals surface area contributed by atoms with Gasteiger partial charge in [0.05, 0.1) is 6.04 Å². The predicted molar refractivity (Wildman–Crippen MR) is 68.1 cm³/mol. The first-order chi connectivity index (χ1) is 7.49. The van der Waals surface area contributed by atoms with Crippen LogP contribution in [0.5, 0.6) is 0 Å². The fraction of sp³-hybridized carbons (Fsp3) is 0.500. The first-order valence-electron chi connectivity index (χ1n) is 5.36. The zero-order chi connectivity index (χ0) is 12.1. The van der Waals surface area contributed by atoms with Crippen LogP contribution in [-0.2, 0) is 11.2 Å². The van der Waals surface area contributed by atoms with Crippen molar-refractivity contribution in [2.75, 3.05) is 0 Å². The van der Waals surface area contributed by atoms with Crippen molar-refractivity contribution in [3.8, 4) is 0 Å². The first-order valence-corrected chi connectivity index (χ1v) is 6.16. The highest BCUT2D eigenvalue weighted by atomic mass is 79.9. The van der Waals surface area contributed by atoms with Gasteiger partial charge >= 0.3 is 0 Å². The number of nitrogens with two attached hydrogens (primary N) is 1. The summed E-state index contributed by atoms with van der Waals surface area (Å²) in [4.78, 5) is 15.8. The normalized spacial score (nSPS) is 12.8. The first kappa shape index (κ1) is 13.3. The van der Waals surface area contributed by atoms with Crippen LogP contribution in [0.1, 0.15) is 25.8 Å². The van der Waals surface area contributed by atoms with E-state index in [0.717, 1.165) is 16.5 Å². The quantitative estimate of drug-likeness (QED) is 0.903. The Bertz CT molecular complexity index is 366. The molecular formula is C12H17BrN2O. The zero-order valence-electron chi connectivity index (χ0n) is 9.61. The van der Waals surface area contributed by atoms with Crippen LogP contribution >= 0.6 is 15.9 Å². The Balaban J connectivity index is 2.57. The van der Waals surface area contributed by atoms with E-state index >= 15 is 0 Å². The molecule has 1 atom stereocenters. The second-order valence-electron chi connectivity index (χ2n) is 4.39. The lowest BCUT2D eigenvalue weighted by Crippen LogP contribution is -2.33. The maximum Gasteiger partial charge on any atom is 0.153 e. The molecule has 0 radical (unpaired) electrons. The van der Waals surface area contributed by atoms with Gasteiger partial charge in [0.15, 0.2) is 5.78 Å². The highest BCUT2D eigenvalue weighted by Crippen LogP contribution is 2.12. The number of aromatic nitrogens is 1. The van der Waals surface area contributed by atoms with E-state index in [9.17, 15) is 4.79 Å². The van der Waals surface area contributed by atoms with E-state index in [1.54, 1.807) is 12.4 Å². The van der Waals surface area contributed by atoms with Crippen molar-refractivity contribution in [1.82, 2.24) is 4.98 Å². The molecule has 0 saturated heterocycles. The molecule has 0 fully saturated rings. The predicted octanol–water partition coefficient (Wildman–Crippen LogP) is 2.33. The van der Waals surface area contributed by atoms with E-state index in [1.807, 2.05) is 6.07 Å². The number of carbonyl (C=O) groups is 1. The van der Waals surface area contributed by atoms with Crippen LogP contribution < -0.4 is 5.73 Å². The van der Waals surface area contributed by atoms with Gasteiger partial charge in [0.2, 0.25) is 0 Å². The minimum Gasteiger partial charge on any atom is -0.321 e. The Morgan fingerprint density at radius 3 is 2.75 bits per heavy atom. The van der Waals surface area contributed by atoms with E-state index in [2.05, 4.69) is 34.8 Å². The monoisotopic (exact) mass is 284 g/mol. The maximum absolute atomic E-state index is 11.8.